The maximum atomic E-state index is 12.5. The highest BCUT2D eigenvalue weighted by Gasteiger charge is 2.18. The van der Waals surface area contributed by atoms with E-state index in [1.165, 1.54) is 38.5 Å². The van der Waals surface area contributed by atoms with Crippen LogP contribution in [-0.2, 0) is 6.54 Å². The Bertz CT molecular complexity index is 605. The maximum Gasteiger partial charge on any atom is 0.253 e. The van der Waals surface area contributed by atoms with E-state index in [0.29, 0.717) is 12.6 Å². The molecule has 1 amide bonds. The minimum Gasteiger partial charge on any atom is -0.354 e. The summed E-state index contributed by atoms with van der Waals surface area (Å²) in [6, 6.07) is 8.52. The molecule has 27 heavy (non-hydrogen) atoms. The van der Waals surface area contributed by atoms with E-state index in [2.05, 4.69) is 15.6 Å². The number of guanidine groups is 1. The zero-order chi connectivity index (χ0) is 18.2. The molecule has 0 aromatic heterocycles. The van der Waals surface area contributed by atoms with Crippen LogP contribution in [0.15, 0.2) is 29.3 Å². The fourth-order valence-corrected chi connectivity index (χ4v) is 3.87. The molecule has 0 unspecified atom stereocenters. The van der Waals surface area contributed by atoms with E-state index < -0.39 is 0 Å². The predicted octanol–water partition coefficient (Wildman–Crippen LogP) is 3.93. The van der Waals surface area contributed by atoms with Gasteiger partial charge in [0.1, 0.15) is 0 Å². The quantitative estimate of drug-likeness (QED) is 0.387. The first kappa shape index (κ1) is 22.0. The molecule has 1 saturated carbocycles. The molecular formula is C21H33IN4O. The van der Waals surface area contributed by atoms with Crippen LogP contribution in [-0.4, -0.2) is 42.9 Å². The average Bonchev–Trinajstić information content (AvgIpc) is 2.72. The lowest BCUT2D eigenvalue weighted by Crippen LogP contribution is -2.43. The number of carbonyl (C=O) groups excluding carboxylic acids is 1. The van der Waals surface area contributed by atoms with Crippen molar-refractivity contribution in [1.29, 1.82) is 0 Å². The van der Waals surface area contributed by atoms with Crippen LogP contribution in [0.4, 0.5) is 0 Å². The van der Waals surface area contributed by atoms with Crippen molar-refractivity contribution in [2.75, 3.05) is 20.1 Å². The van der Waals surface area contributed by atoms with Crippen molar-refractivity contribution < 1.29 is 4.79 Å². The molecule has 2 N–H and O–H groups in total. The van der Waals surface area contributed by atoms with Crippen molar-refractivity contribution in [2.45, 2.75) is 64.0 Å². The number of benzene rings is 1. The first-order valence-corrected chi connectivity index (χ1v) is 10.1. The highest BCUT2D eigenvalue weighted by Crippen LogP contribution is 2.17. The molecule has 0 radical (unpaired) electrons. The van der Waals surface area contributed by atoms with Crippen molar-refractivity contribution >= 4 is 35.8 Å². The van der Waals surface area contributed by atoms with Crippen LogP contribution in [0.25, 0.3) is 0 Å². The molecule has 5 nitrogen and oxygen atoms in total. The summed E-state index contributed by atoms with van der Waals surface area (Å²) in [5, 5.41) is 6.92. The van der Waals surface area contributed by atoms with Crippen LogP contribution >= 0.6 is 24.0 Å². The van der Waals surface area contributed by atoms with Gasteiger partial charge in [0.2, 0.25) is 0 Å². The summed E-state index contributed by atoms with van der Waals surface area (Å²) in [6.07, 6.45) is 9.92. The standard InChI is InChI=1S/C21H32N4O.HI/c1-22-21(24-19-8-4-2-5-9-19)23-16-17-10-12-18(13-11-17)20(26)25-14-6-3-7-15-25;/h10-13,19H,2-9,14-16H2,1H3,(H2,22,23,24);1H. The van der Waals surface area contributed by atoms with Gasteiger partial charge in [-0.05, 0) is 49.8 Å². The van der Waals surface area contributed by atoms with Crippen molar-refractivity contribution in [2.24, 2.45) is 4.99 Å². The van der Waals surface area contributed by atoms with Gasteiger partial charge in [-0.25, -0.2) is 0 Å². The molecule has 0 atom stereocenters. The summed E-state index contributed by atoms with van der Waals surface area (Å²) in [5.74, 6) is 1.03. The second-order valence-electron chi connectivity index (χ2n) is 7.45. The average molecular weight is 484 g/mol. The summed E-state index contributed by atoms with van der Waals surface area (Å²) >= 11 is 0. The maximum absolute atomic E-state index is 12.5. The number of aliphatic imine (C=N–C) groups is 1. The fraction of sp³-hybridized carbons (Fsp3) is 0.619. The number of carbonyl (C=O) groups is 1. The van der Waals surface area contributed by atoms with E-state index in [4.69, 9.17) is 0 Å². The van der Waals surface area contributed by atoms with Gasteiger partial charge in [0, 0.05) is 38.3 Å². The van der Waals surface area contributed by atoms with Gasteiger partial charge in [0.05, 0.1) is 0 Å². The van der Waals surface area contributed by atoms with Crippen molar-refractivity contribution in [1.82, 2.24) is 15.5 Å². The van der Waals surface area contributed by atoms with Crippen LogP contribution in [0.2, 0.25) is 0 Å². The second kappa shape index (κ2) is 11.5. The van der Waals surface area contributed by atoms with Gasteiger partial charge in [-0.15, -0.1) is 24.0 Å². The van der Waals surface area contributed by atoms with Crippen molar-refractivity contribution in [3.63, 3.8) is 0 Å². The Balaban J connectivity index is 0.00000261. The number of hydrogen-bond donors (Lipinski definition) is 2. The minimum atomic E-state index is 0. The monoisotopic (exact) mass is 484 g/mol. The molecule has 1 aromatic carbocycles. The van der Waals surface area contributed by atoms with Gasteiger partial charge >= 0.3 is 0 Å². The van der Waals surface area contributed by atoms with Crippen LogP contribution in [0.5, 0.6) is 0 Å². The summed E-state index contributed by atoms with van der Waals surface area (Å²) in [6.45, 7) is 2.50. The Morgan fingerprint density at radius 1 is 1.04 bits per heavy atom. The lowest BCUT2D eigenvalue weighted by molar-refractivity contribution is 0.0724. The van der Waals surface area contributed by atoms with Gasteiger partial charge in [-0.1, -0.05) is 31.4 Å². The number of nitrogens with zero attached hydrogens (tertiary/aromatic N) is 2. The largest absolute Gasteiger partial charge is 0.354 e. The molecule has 1 aromatic rings. The Labute approximate surface area is 180 Å². The van der Waals surface area contributed by atoms with Gasteiger partial charge in [0.15, 0.2) is 5.96 Å². The summed E-state index contributed by atoms with van der Waals surface area (Å²) in [5.41, 5.74) is 1.95. The normalized spacial score (nSPS) is 18.6. The van der Waals surface area contributed by atoms with E-state index in [1.807, 2.05) is 36.2 Å². The molecule has 1 heterocycles. The number of halogens is 1. The molecule has 2 fully saturated rings. The van der Waals surface area contributed by atoms with E-state index in [0.717, 1.165) is 43.0 Å². The van der Waals surface area contributed by atoms with Crippen molar-refractivity contribution in [3.8, 4) is 0 Å². The van der Waals surface area contributed by atoms with Gasteiger partial charge in [-0.2, -0.15) is 0 Å². The predicted molar refractivity (Wildman–Crippen MR) is 122 cm³/mol. The van der Waals surface area contributed by atoms with Crippen LogP contribution in [0.3, 0.4) is 0 Å². The summed E-state index contributed by atoms with van der Waals surface area (Å²) < 4.78 is 0. The first-order chi connectivity index (χ1) is 12.8. The van der Waals surface area contributed by atoms with Gasteiger partial charge in [0.25, 0.3) is 5.91 Å². The Hall–Kier alpha value is -1.31. The van der Waals surface area contributed by atoms with Crippen LogP contribution < -0.4 is 10.6 Å². The Morgan fingerprint density at radius 3 is 2.30 bits per heavy atom. The molecular weight excluding hydrogens is 451 g/mol. The van der Waals surface area contributed by atoms with E-state index in [-0.39, 0.29) is 29.9 Å². The molecule has 150 valence electrons. The van der Waals surface area contributed by atoms with Gasteiger partial charge in [-0.3, -0.25) is 9.79 Å². The third-order valence-electron chi connectivity index (χ3n) is 5.47. The molecule has 1 saturated heterocycles. The molecule has 0 bridgehead atoms. The molecule has 0 spiro atoms. The summed E-state index contributed by atoms with van der Waals surface area (Å²) in [7, 11) is 1.82. The number of piperidine rings is 1. The minimum absolute atomic E-state index is 0. The number of nitrogens with one attached hydrogen (secondary N) is 2. The van der Waals surface area contributed by atoms with E-state index in [1.54, 1.807) is 0 Å². The Kier molecular flexibility index (Phi) is 9.38. The third kappa shape index (κ3) is 6.66. The lowest BCUT2D eigenvalue weighted by atomic mass is 9.96. The molecule has 2 aliphatic rings. The smallest absolute Gasteiger partial charge is 0.253 e. The van der Waals surface area contributed by atoms with Crippen molar-refractivity contribution in [3.05, 3.63) is 35.4 Å². The topological polar surface area (TPSA) is 56.7 Å². The number of amides is 1. The highest BCUT2D eigenvalue weighted by molar-refractivity contribution is 14.0. The SMILES string of the molecule is CN=C(NCc1ccc(C(=O)N2CCCCC2)cc1)NC1CCCCC1.I. The number of rotatable bonds is 4. The Morgan fingerprint density at radius 2 is 1.67 bits per heavy atom. The lowest BCUT2D eigenvalue weighted by Gasteiger charge is -2.26. The highest BCUT2D eigenvalue weighted by atomic mass is 127. The molecule has 1 aliphatic carbocycles. The molecule has 6 heteroatoms. The fourth-order valence-electron chi connectivity index (χ4n) is 3.87. The van der Waals surface area contributed by atoms with Crippen LogP contribution in [0.1, 0.15) is 67.3 Å². The summed E-state index contributed by atoms with van der Waals surface area (Å²) in [4.78, 5) is 18.8. The zero-order valence-electron chi connectivity index (χ0n) is 16.4. The molecule has 1 aliphatic heterocycles. The van der Waals surface area contributed by atoms with E-state index in [9.17, 15) is 4.79 Å². The number of likely N-dealkylation sites (tertiary alicyclic amines) is 1. The van der Waals surface area contributed by atoms with E-state index >= 15 is 0 Å². The number of hydrogen-bond acceptors (Lipinski definition) is 2. The van der Waals surface area contributed by atoms with Gasteiger partial charge < -0.3 is 15.5 Å². The third-order valence-corrected chi connectivity index (χ3v) is 5.47. The zero-order valence-corrected chi connectivity index (χ0v) is 18.7. The second-order valence-corrected chi connectivity index (χ2v) is 7.45. The molecule has 3 rings (SSSR count). The van der Waals surface area contributed by atoms with Crippen LogP contribution in [0, 0.1) is 0 Å². The first-order valence-electron chi connectivity index (χ1n) is 10.1.